The van der Waals surface area contributed by atoms with Gasteiger partial charge in [-0.3, -0.25) is 19.4 Å². The number of likely N-dealkylation sites (tertiary alicyclic amines) is 2. The zero-order valence-corrected chi connectivity index (χ0v) is 30.8. The Labute approximate surface area is 311 Å². The lowest BCUT2D eigenvalue weighted by Gasteiger charge is -2.30. The summed E-state index contributed by atoms with van der Waals surface area (Å²) >= 11 is 0. The number of carbonyl (C=O) groups excluding carboxylic acids is 3. The van der Waals surface area contributed by atoms with Crippen LogP contribution in [0.4, 0.5) is 0 Å². The number of H-pyrrole nitrogens is 1. The largest absolute Gasteiger partial charge is 0.348 e. The van der Waals surface area contributed by atoms with Crippen LogP contribution in [0.2, 0.25) is 0 Å². The summed E-state index contributed by atoms with van der Waals surface area (Å²) in [6.07, 6.45) is 16.1. The summed E-state index contributed by atoms with van der Waals surface area (Å²) in [4.78, 5) is 58.7. The maximum Gasteiger partial charge on any atom is 0.243 e. The number of nitrogens with one attached hydrogen (secondary N) is 2. The molecule has 3 aromatic rings. The zero-order chi connectivity index (χ0) is 36.5. The van der Waals surface area contributed by atoms with Crippen molar-refractivity contribution in [2.24, 2.45) is 4.99 Å². The van der Waals surface area contributed by atoms with Gasteiger partial charge in [0.15, 0.2) is 0 Å². The Hall–Kier alpha value is -5.05. The second-order valence-corrected chi connectivity index (χ2v) is 15.2. The number of allylic oxidation sites excluding steroid dienone is 1. The number of fused-ring (bicyclic) bond motifs is 2. The van der Waals surface area contributed by atoms with Crippen molar-refractivity contribution in [1.82, 2.24) is 25.1 Å². The third-order valence-electron chi connectivity index (χ3n) is 11.9. The maximum absolute atomic E-state index is 13.7. The van der Waals surface area contributed by atoms with Crippen LogP contribution in [0, 0.1) is 0 Å². The van der Waals surface area contributed by atoms with Crippen molar-refractivity contribution >= 4 is 35.6 Å². The number of carbonyl (C=O) groups is 3. The van der Waals surface area contributed by atoms with E-state index >= 15 is 0 Å². The first-order valence-corrected chi connectivity index (χ1v) is 19.6. The standard InChI is InChI=1S/C44H50N6O3/c1-3-34(30-15-8-5-9-16-30)44(53)50-24-12-20-40(50)42(51)45-33-21-22-35-32(25-33)27-37(46-35)31-17-10-18-36-38(26-31)48-41(47-36)39-19-11-23-49(39)43(52)28(2)29-13-6-4-7-14-29/h4-9,13-18,25-26,28,33-34,37,39-40H,3,10-12,19-24,27H2,1-2H3,(H,45,51)(H,47,48). The van der Waals surface area contributed by atoms with E-state index in [1.807, 2.05) is 84.3 Å². The highest BCUT2D eigenvalue weighted by molar-refractivity contribution is 6.03. The third-order valence-corrected chi connectivity index (χ3v) is 11.9. The molecule has 9 nitrogen and oxygen atoms in total. The fraction of sp³-hybridized carbons (Fsp3) is 0.432. The monoisotopic (exact) mass is 710 g/mol. The molecule has 2 saturated heterocycles. The lowest BCUT2D eigenvalue weighted by atomic mass is 9.91. The van der Waals surface area contributed by atoms with Crippen LogP contribution in [0.3, 0.4) is 0 Å². The summed E-state index contributed by atoms with van der Waals surface area (Å²) in [7, 11) is 0. The minimum Gasteiger partial charge on any atom is -0.348 e. The van der Waals surface area contributed by atoms with E-state index in [1.165, 1.54) is 11.1 Å². The first-order valence-electron chi connectivity index (χ1n) is 19.6. The van der Waals surface area contributed by atoms with E-state index in [1.54, 1.807) is 0 Å². The van der Waals surface area contributed by atoms with Gasteiger partial charge in [0, 0.05) is 31.3 Å². The Bertz CT molecular complexity index is 2080. The highest BCUT2D eigenvalue weighted by Crippen LogP contribution is 2.34. The Morgan fingerprint density at radius 3 is 2.42 bits per heavy atom. The predicted octanol–water partition coefficient (Wildman–Crippen LogP) is 5.37. The van der Waals surface area contributed by atoms with E-state index in [0.29, 0.717) is 19.4 Å². The lowest BCUT2D eigenvalue weighted by Crippen LogP contribution is -2.50. The molecule has 2 fully saturated rings. The Morgan fingerprint density at radius 1 is 0.906 bits per heavy atom. The SMILES string of the molecule is CCC(C(=O)N1CCCC1C(=O)NC1C=C2CC(C3=CCC=c4nc(C5CCCN5C(=O)C(C)c5ccccc5)[nH]c4=C3)N=C2CC1)c1ccccc1. The lowest BCUT2D eigenvalue weighted by molar-refractivity contribution is -0.139. The number of aromatic nitrogens is 2. The highest BCUT2D eigenvalue weighted by atomic mass is 16.2. The van der Waals surface area contributed by atoms with Gasteiger partial charge < -0.3 is 20.1 Å². The molecule has 3 aliphatic heterocycles. The zero-order valence-electron chi connectivity index (χ0n) is 30.8. The summed E-state index contributed by atoms with van der Waals surface area (Å²) < 4.78 is 0. The average molecular weight is 711 g/mol. The van der Waals surface area contributed by atoms with E-state index in [2.05, 4.69) is 34.6 Å². The molecule has 6 unspecified atom stereocenters. The quantitative estimate of drug-likeness (QED) is 0.311. The second kappa shape index (κ2) is 15.1. The molecule has 0 radical (unpaired) electrons. The van der Waals surface area contributed by atoms with Crippen LogP contribution >= 0.6 is 0 Å². The van der Waals surface area contributed by atoms with Crippen LogP contribution in [-0.2, 0) is 14.4 Å². The molecular weight excluding hydrogens is 661 g/mol. The molecule has 3 amide bonds. The minimum atomic E-state index is -0.428. The van der Waals surface area contributed by atoms with Crippen molar-refractivity contribution < 1.29 is 14.4 Å². The maximum atomic E-state index is 13.7. The van der Waals surface area contributed by atoms with Crippen LogP contribution < -0.4 is 16.0 Å². The Balaban J connectivity index is 0.928. The molecule has 274 valence electrons. The summed E-state index contributed by atoms with van der Waals surface area (Å²) in [6, 6.07) is 19.4. The number of rotatable bonds is 9. The van der Waals surface area contributed by atoms with E-state index < -0.39 is 6.04 Å². The number of aliphatic imine (C=N–C) groups is 1. The number of nitrogens with zero attached hydrogens (tertiary/aromatic N) is 4. The molecule has 2 aliphatic carbocycles. The number of aromatic amines is 1. The van der Waals surface area contributed by atoms with Crippen molar-refractivity contribution in [2.75, 3.05) is 13.1 Å². The van der Waals surface area contributed by atoms with Crippen molar-refractivity contribution in [1.29, 1.82) is 0 Å². The van der Waals surface area contributed by atoms with Crippen molar-refractivity contribution in [3.63, 3.8) is 0 Å². The predicted molar refractivity (Wildman–Crippen MR) is 207 cm³/mol. The number of hydrogen-bond donors (Lipinski definition) is 2. The summed E-state index contributed by atoms with van der Waals surface area (Å²) in [5.41, 5.74) is 5.55. The highest BCUT2D eigenvalue weighted by Gasteiger charge is 2.39. The third kappa shape index (κ3) is 7.06. The molecule has 6 atom stereocenters. The first-order chi connectivity index (χ1) is 25.9. The summed E-state index contributed by atoms with van der Waals surface area (Å²) in [5, 5.41) is 5.20. The summed E-state index contributed by atoms with van der Waals surface area (Å²) in [5.74, 6) is 0.567. The van der Waals surface area contributed by atoms with Gasteiger partial charge in [-0.2, -0.15) is 0 Å². The molecule has 5 aliphatic rings. The van der Waals surface area contributed by atoms with Gasteiger partial charge in [-0.15, -0.1) is 0 Å². The molecule has 0 spiro atoms. The molecule has 0 bridgehead atoms. The number of imidazole rings is 1. The summed E-state index contributed by atoms with van der Waals surface area (Å²) in [6.45, 7) is 5.40. The van der Waals surface area contributed by atoms with Crippen LogP contribution in [0.1, 0.15) is 106 Å². The van der Waals surface area contributed by atoms with E-state index in [9.17, 15) is 14.4 Å². The number of benzene rings is 2. The van der Waals surface area contributed by atoms with Crippen molar-refractivity contribution in [3.05, 3.63) is 112 Å². The number of hydrogen-bond acceptors (Lipinski definition) is 5. The van der Waals surface area contributed by atoms with Gasteiger partial charge in [0.2, 0.25) is 17.7 Å². The van der Waals surface area contributed by atoms with Gasteiger partial charge in [0.05, 0.1) is 34.6 Å². The van der Waals surface area contributed by atoms with Gasteiger partial charge in [-0.1, -0.05) is 85.8 Å². The molecule has 1 aromatic heterocycles. The fourth-order valence-corrected chi connectivity index (χ4v) is 9.03. The van der Waals surface area contributed by atoms with Crippen LogP contribution in [-0.4, -0.2) is 74.4 Å². The van der Waals surface area contributed by atoms with Crippen molar-refractivity contribution in [3.8, 4) is 0 Å². The van der Waals surface area contributed by atoms with Gasteiger partial charge in [0.1, 0.15) is 11.9 Å². The molecule has 53 heavy (non-hydrogen) atoms. The molecule has 4 heterocycles. The molecule has 2 N–H and O–H groups in total. The Kier molecular flexibility index (Phi) is 9.99. The van der Waals surface area contributed by atoms with Gasteiger partial charge >= 0.3 is 0 Å². The average Bonchev–Trinajstić information content (AvgIpc) is 4.00. The van der Waals surface area contributed by atoms with E-state index in [0.717, 1.165) is 84.9 Å². The van der Waals surface area contributed by atoms with Gasteiger partial charge in [0.25, 0.3) is 0 Å². The molecule has 2 aromatic carbocycles. The van der Waals surface area contributed by atoms with Gasteiger partial charge in [-0.25, -0.2) is 4.98 Å². The smallest absolute Gasteiger partial charge is 0.243 e. The normalized spacial score (nSPS) is 24.8. The molecule has 9 heteroatoms. The van der Waals surface area contributed by atoms with Crippen molar-refractivity contribution in [2.45, 2.75) is 108 Å². The van der Waals surface area contributed by atoms with E-state index in [-0.39, 0.29) is 47.7 Å². The fourth-order valence-electron chi connectivity index (χ4n) is 9.03. The van der Waals surface area contributed by atoms with Crippen LogP contribution in [0.25, 0.3) is 12.2 Å². The molecule has 8 rings (SSSR count). The Morgan fingerprint density at radius 2 is 1.64 bits per heavy atom. The van der Waals surface area contributed by atoms with Crippen LogP contribution in [0.15, 0.2) is 89.0 Å². The van der Waals surface area contributed by atoms with Gasteiger partial charge in [-0.05, 0) is 86.6 Å². The minimum absolute atomic E-state index is 0.0139. The number of amides is 3. The second-order valence-electron chi connectivity index (χ2n) is 15.2. The van der Waals surface area contributed by atoms with Crippen LogP contribution in [0.5, 0.6) is 0 Å². The first kappa shape index (κ1) is 35.0. The van der Waals surface area contributed by atoms with E-state index in [4.69, 9.17) is 9.98 Å². The molecular formula is C44H50N6O3. The molecule has 0 saturated carbocycles. The topological polar surface area (TPSA) is 111 Å².